The van der Waals surface area contributed by atoms with Crippen LogP contribution in [0.1, 0.15) is 25.3 Å². The van der Waals surface area contributed by atoms with Crippen molar-refractivity contribution < 1.29 is 8.76 Å². The van der Waals surface area contributed by atoms with Gasteiger partial charge in [0.15, 0.2) is 0 Å². The van der Waals surface area contributed by atoms with E-state index in [4.69, 9.17) is 0 Å². The summed E-state index contributed by atoms with van der Waals surface area (Å²) in [6.07, 6.45) is 1.61. The second-order valence-corrected chi connectivity index (χ2v) is 5.20. The minimum absolute atomic E-state index is 0.237. The Balaban J connectivity index is 2.07. The third-order valence-electron chi connectivity index (χ3n) is 2.46. The van der Waals surface area contributed by atoms with E-state index >= 15 is 0 Å². The summed E-state index contributed by atoms with van der Waals surface area (Å²) in [5.41, 5.74) is 1.25. The molecular weight excluding hydrogens is 222 g/mol. The highest BCUT2D eigenvalue weighted by Crippen LogP contribution is 2.02. The average molecular weight is 240 g/mol. The van der Waals surface area contributed by atoms with Gasteiger partial charge in [-0.25, -0.2) is 0 Å². The SMILES string of the molecule is CC(CCCNCc1ccccc1)S(=O)[O-]. The van der Waals surface area contributed by atoms with Crippen LogP contribution < -0.4 is 5.32 Å². The van der Waals surface area contributed by atoms with Crippen LogP contribution in [0.4, 0.5) is 0 Å². The molecule has 3 nitrogen and oxygen atoms in total. The molecule has 1 N–H and O–H groups in total. The van der Waals surface area contributed by atoms with Gasteiger partial charge < -0.3 is 9.87 Å². The number of rotatable bonds is 7. The van der Waals surface area contributed by atoms with Crippen molar-refractivity contribution in [1.82, 2.24) is 5.32 Å². The van der Waals surface area contributed by atoms with Crippen molar-refractivity contribution in [2.45, 2.75) is 31.6 Å². The van der Waals surface area contributed by atoms with E-state index in [0.717, 1.165) is 25.9 Å². The molecule has 90 valence electrons. The minimum Gasteiger partial charge on any atom is -0.772 e. The third kappa shape index (κ3) is 5.39. The summed E-state index contributed by atoms with van der Waals surface area (Å²) in [5, 5.41) is 3.06. The van der Waals surface area contributed by atoms with Crippen LogP contribution in [-0.4, -0.2) is 20.6 Å². The van der Waals surface area contributed by atoms with Crippen molar-refractivity contribution in [1.29, 1.82) is 0 Å². The van der Waals surface area contributed by atoms with E-state index in [0.29, 0.717) is 0 Å². The molecule has 0 radical (unpaired) electrons. The Labute approximate surface area is 99.5 Å². The molecule has 0 aromatic heterocycles. The molecule has 0 heterocycles. The predicted molar refractivity (Wildman–Crippen MR) is 65.8 cm³/mol. The molecule has 2 atom stereocenters. The molecule has 0 saturated carbocycles. The van der Waals surface area contributed by atoms with Crippen LogP contribution in [-0.2, 0) is 17.6 Å². The lowest BCUT2D eigenvalue weighted by atomic mass is 10.2. The molecule has 2 unspecified atom stereocenters. The van der Waals surface area contributed by atoms with Gasteiger partial charge in [0.1, 0.15) is 0 Å². The zero-order valence-corrected chi connectivity index (χ0v) is 10.3. The van der Waals surface area contributed by atoms with Crippen molar-refractivity contribution >= 4 is 11.1 Å². The number of nitrogens with one attached hydrogen (secondary N) is 1. The second-order valence-electron chi connectivity index (χ2n) is 3.88. The highest BCUT2D eigenvalue weighted by Gasteiger charge is 2.00. The van der Waals surface area contributed by atoms with Gasteiger partial charge in [0, 0.05) is 11.8 Å². The zero-order valence-electron chi connectivity index (χ0n) is 9.52. The lowest BCUT2D eigenvalue weighted by Gasteiger charge is -2.14. The fraction of sp³-hybridized carbons (Fsp3) is 0.500. The van der Waals surface area contributed by atoms with Gasteiger partial charge in [-0.15, -0.1) is 0 Å². The van der Waals surface area contributed by atoms with Crippen molar-refractivity contribution in [3.8, 4) is 0 Å². The molecule has 16 heavy (non-hydrogen) atoms. The molecule has 0 amide bonds. The Kier molecular flexibility index (Phi) is 6.30. The molecule has 0 aliphatic heterocycles. The zero-order chi connectivity index (χ0) is 11.8. The molecule has 1 rings (SSSR count). The Hall–Kier alpha value is -0.710. The molecule has 0 spiro atoms. The van der Waals surface area contributed by atoms with Gasteiger partial charge in [0.25, 0.3) is 0 Å². The van der Waals surface area contributed by atoms with Crippen LogP contribution in [0.2, 0.25) is 0 Å². The van der Waals surface area contributed by atoms with Gasteiger partial charge in [-0.3, -0.25) is 4.21 Å². The van der Waals surface area contributed by atoms with E-state index in [2.05, 4.69) is 17.4 Å². The Bertz CT molecular complexity index is 316. The van der Waals surface area contributed by atoms with Gasteiger partial charge in [-0.05, 0) is 24.9 Å². The van der Waals surface area contributed by atoms with Crippen LogP contribution in [0, 0.1) is 0 Å². The molecule has 1 aromatic rings. The van der Waals surface area contributed by atoms with Crippen LogP contribution in [0.25, 0.3) is 0 Å². The molecule has 0 fully saturated rings. The maximum absolute atomic E-state index is 10.6. The van der Waals surface area contributed by atoms with Crippen molar-refractivity contribution in [2.24, 2.45) is 0 Å². The number of hydrogen-bond acceptors (Lipinski definition) is 3. The Morgan fingerprint density at radius 2 is 2.06 bits per heavy atom. The largest absolute Gasteiger partial charge is 0.772 e. The van der Waals surface area contributed by atoms with Gasteiger partial charge in [0.2, 0.25) is 0 Å². The molecule has 0 bridgehead atoms. The standard InChI is InChI=1S/C12H19NO2S/c1-11(16(14)15)6-5-9-13-10-12-7-3-2-4-8-12/h2-4,7-8,11,13H,5-6,9-10H2,1H3,(H,14,15)/p-1. The van der Waals surface area contributed by atoms with Gasteiger partial charge in [0.05, 0.1) is 0 Å². The summed E-state index contributed by atoms with van der Waals surface area (Å²) < 4.78 is 21.1. The molecule has 4 heteroatoms. The summed E-state index contributed by atoms with van der Waals surface area (Å²) in [5.74, 6) is 0. The maximum atomic E-state index is 10.6. The lowest BCUT2D eigenvalue weighted by Crippen LogP contribution is -2.17. The fourth-order valence-corrected chi connectivity index (χ4v) is 1.80. The van der Waals surface area contributed by atoms with Crippen LogP contribution in [0.15, 0.2) is 30.3 Å². The first-order chi connectivity index (χ1) is 7.70. The van der Waals surface area contributed by atoms with Gasteiger partial charge in [-0.2, -0.15) is 0 Å². The topological polar surface area (TPSA) is 52.2 Å². The minimum atomic E-state index is -1.93. The van der Waals surface area contributed by atoms with Gasteiger partial charge >= 0.3 is 0 Å². The van der Waals surface area contributed by atoms with Crippen LogP contribution >= 0.6 is 0 Å². The summed E-state index contributed by atoms with van der Waals surface area (Å²) in [6.45, 7) is 3.44. The fourth-order valence-electron chi connectivity index (χ4n) is 1.44. The Morgan fingerprint density at radius 3 is 2.69 bits per heavy atom. The molecule has 0 saturated heterocycles. The molecule has 0 aliphatic carbocycles. The van der Waals surface area contributed by atoms with E-state index in [9.17, 15) is 8.76 Å². The van der Waals surface area contributed by atoms with E-state index in [-0.39, 0.29) is 5.25 Å². The first-order valence-corrected chi connectivity index (χ1v) is 6.66. The van der Waals surface area contributed by atoms with Crippen LogP contribution in [0.3, 0.4) is 0 Å². The van der Waals surface area contributed by atoms with Crippen molar-refractivity contribution in [2.75, 3.05) is 6.54 Å². The third-order valence-corrected chi connectivity index (χ3v) is 3.36. The molecular formula is C12H18NO2S-. The summed E-state index contributed by atoms with van der Waals surface area (Å²) in [4.78, 5) is 0. The summed E-state index contributed by atoms with van der Waals surface area (Å²) >= 11 is -1.93. The quantitative estimate of drug-likeness (QED) is 0.584. The highest BCUT2D eigenvalue weighted by atomic mass is 32.2. The van der Waals surface area contributed by atoms with Crippen LogP contribution in [0.5, 0.6) is 0 Å². The predicted octanol–water partition coefficient (Wildman–Crippen LogP) is 1.82. The smallest absolute Gasteiger partial charge is 0.0205 e. The summed E-state index contributed by atoms with van der Waals surface area (Å²) in [6, 6.07) is 10.2. The lowest BCUT2D eigenvalue weighted by molar-refractivity contribution is 0.514. The first-order valence-electron chi connectivity index (χ1n) is 5.53. The first kappa shape index (κ1) is 13.4. The molecule has 1 aromatic carbocycles. The van der Waals surface area contributed by atoms with Gasteiger partial charge in [-0.1, -0.05) is 48.3 Å². The van der Waals surface area contributed by atoms with Crippen molar-refractivity contribution in [3.63, 3.8) is 0 Å². The maximum Gasteiger partial charge on any atom is 0.0205 e. The van der Waals surface area contributed by atoms with Crippen molar-refractivity contribution in [3.05, 3.63) is 35.9 Å². The average Bonchev–Trinajstić information content (AvgIpc) is 2.29. The normalized spacial score (nSPS) is 14.6. The second kappa shape index (κ2) is 7.54. The van der Waals surface area contributed by atoms with E-state index in [1.165, 1.54) is 5.56 Å². The summed E-state index contributed by atoms with van der Waals surface area (Å²) in [7, 11) is 0. The highest BCUT2D eigenvalue weighted by molar-refractivity contribution is 7.79. The van der Waals surface area contributed by atoms with E-state index in [1.54, 1.807) is 6.92 Å². The Morgan fingerprint density at radius 1 is 1.38 bits per heavy atom. The number of hydrogen-bond donors (Lipinski definition) is 1. The monoisotopic (exact) mass is 240 g/mol. The molecule has 0 aliphatic rings. The van der Waals surface area contributed by atoms with E-state index < -0.39 is 11.1 Å². The number of benzene rings is 1. The van der Waals surface area contributed by atoms with E-state index in [1.807, 2.05) is 18.2 Å².